The molecule has 9 heteroatoms. The molecule has 5 nitrogen and oxygen atoms in total. The number of ketones is 1. The van der Waals surface area contributed by atoms with E-state index in [4.69, 9.17) is 4.42 Å². The summed E-state index contributed by atoms with van der Waals surface area (Å²) in [5, 5.41) is 0. The van der Waals surface area contributed by atoms with Gasteiger partial charge in [-0.25, -0.2) is 13.1 Å². The summed E-state index contributed by atoms with van der Waals surface area (Å²) in [5.41, 5.74) is 0. The quantitative estimate of drug-likeness (QED) is 0.600. The first-order valence-electron chi connectivity index (χ1n) is 6.37. The van der Waals surface area contributed by atoms with Gasteiger partial charge in [0.05, 0.1) is 14.9 Å². The Bertz CT molecular complexity index is 925. The van der Waals surface area contributed by atoms with E-state index in [1.54, 1.807) is 30.3 Å². The van der Waals surface area contributed by atoms with Crippen molar-refractivity contribution in [1.29, 1.82) is 0 Å². The minimum atomic E-state index is -3.55. The topological polar surface area (TPSA) is 76.4 Å². The van der Waals surface area contributed by atoms with Gasteiger partial charge in [-0.3, -0.25) is 4.79 Å². The molecule has 0 fully saturated rings. The maximum atomic E-state index is 12.1. The predicted molar refractivity (Wildman–Crippen MR) is 92.5 cm³/mol. The van der Waals surface area contributed by atoms with Crippen molar-refractivity contribution in [3.63, 3.8) is 0 Å². The van der Waals surface area contributed by atoms with Gasteiger partial charge in [0.15, 0.2) is 5.76 Å². The Hall–Kier alpha value is -1.26. The molecule has 3 heterocycles. The van der Waals surface area contributed by atoms with Gasteiger partial charge in [-0.1, -0.05) is 0 Å². The molecule has 0 amide bonds. The highest BCUT2D eigenvalue weighted by Gasteiger charge is 2.18. The lowest BCUT2D eigenvalue weighted by atomic mass is 10.2. The van der Waals surface area contributed by atoms with Gasteiger partial charge in [-0.15, -0.1) is 22.7 Å². The van der Waals surface area contributed by atoms with Crippen LogP contribution in [0.4, 0.5) is 0 Å². The average Bonchev–Trinajstić information content (AvgIpc) is 3.25. The summed E-state index contributed by atoms with van der Waals surface area (Å²) in [4.78, 5) is 13.4. The van der Waals surface area contributed by atoms with Crippen LogP contribution in [-0.4, -0.2) is 14.2 Å². The fourth-order valence-corrected chi connectivity index (χ4v) is 5.85. The fourth-order valence-electron chi connectivity index (χ4n) is 1.80. The lowest BCUT2D eigenvalue weighted by Crippen LogP contribution is -2.21. The van der Waals surface area contributed by atoms with Crippen LogP contribution in [0, 0.1) is 0 Å². The Morgan fingerprint density at radius 2 is 2.00 bits per heavy atom. The molecule has 0 spiro atoms. The van der Waals surface area contributed by atoms with E-state index in [1.165, 1.54) is 23.7 Å². The third-order valence-corrected chi connectivity index (χ3v) is 7.48. The molecular formula is C14H10BrNO4S3. The Kier molecular flexibility index (Phi) is 4.83. The van der Waals surface area contributed by atoms with Gasteiger partial charge in [0, 0.05) is 11.4 Å². The summed E-state index contributed by atoms with van der Waals surface area (Å²) in [7, 11) is -3.55. The maximum absolute atomic E-state index is 12.1. The molecule has 3 aromatic heterocycles. The van der Waals surface area contributed by atoms with Crippen LogP contribution in [0.1, 0.15) is 20.3 Å². The normalized spacial score (nSPS) is 11.7. The number of hydrogen-bond donors (Lipinski definition) is 1. The van der Waals surface area contributed by atoms with Crippen molar-refractivity contribution < 1.29 is 17.6 Å². The van der Waals surface area contributed by atoms with E-state index < -0.39 is 10.0 Å². The lowest BCUT2D eigenvalue weighted by molar-refractivity contribution is 0.101. The zero-order valence-corrected chi connectivity index (χ0v) is 15.5. The van der Waals surface area contributed by atoms with E-state index in [0.717, 1.165) is 20.0 Å². The molecule has 0 unspecified atom stereocenters. The van der Waals surface area contributed by atoms with Crippen molar-refractivity contribution in [3.8, 4) is 0 Å². The number of carbonyl (C=O) groups is 1. The first kappa shape index (κ1) is 16.6. The summed E-state index contributed by atoms with van der Waals surface area (Å²) < 4.78 is 32.9. The number of furan rings is 1. The van der Waals surface area contributed by atoms with Gasteiger partial charge in [0.2, 0.25) is 15.8 Å². The highest BCUT2D eigenvalue weighted by molar-refractivity contribution is 9.11. The Labute approximate surface area is 149 Å². The van der Waals surface area contributed by atoms with Crippen LogP contribution < -0.4 is 4.72 Å². The number of sulfonamides is 1. The minimum absolute atomic E-state index is 0.133. The average molecular weight is 432 g/mol. The molecule has 0 saturated heterocycles. The summed E-state index contributed by atoms with van der Waals surface area (Å²) in [6, 6.07) is 9.87. The van der Waals surface area contributed by atoms with E-state index in [1.807, 2.05) is 0 Å². The third kappa shape index (κ3) is 3.81. The summed E-state index contributed by atoms with van der Waals surface area (Å²) >= 11 is 5.62. The van der Waals surface area contributed by atoms with Gasteiger partial charge >= 0.3 is 0 Å². The van der Waals surface area contributed by atoms with Crippen LogP contribution in [0.3, 0.4) is 0 Å². The van der Waals surface area contributed by atoms with E-state index in [9.17, 15) is 13.2 Å². The standard InChI is InChI=1S/C14H10BrNO4S3/c15-12-5-6-13(22-12)23(18,19)16-8-9-3-4-11(21-9)14(17)10-2-1-7-20-10/h1-7,16H,8H2. The molecule has 3 aromatic rings. The molecule has 0 atom stereocenters. The number of nitrogens with one attached hydrogen (secondary N) is 1. The second-order valence-corrected chi connectivity index (χ2v) is 10.1. The van der Waals surface area contributed by atoms with Crippen molar-refractivity contribution in [2.24, 2.45) is 0 Å². The zero-order chi connectivity index (χ0) is 16.4. The summed E-state index contributed by atoms with van der Waals surface area (Å²) in [5.74, 6) is 0.0544. The summed E-state index contributed by atoms with van der Waals surface area (Å²) in [6.07, 6.45) is 1.44. The van der Waals surface area contributed by atoms with Crippen LogP contribution in [0.25, 0.3) is 0 Å². The van der Waals surface area contributed by atoms with Gasteiger partial charge in [-0.05, 0) is 52.3 Å². The molecule has 23 heavy (non-hydrogen) atoms. The maximum Gasteiger partial charge on any atom is 0.250 e. The smallest absolute Gasteiger partial charge is 0.250 e. The van der Waals surface area contributed by atoms with Crippen molar-refractivity contribution in [2.45, 2.75) is 10.8 Å². The SMILES string of the molecule is O=C(c1ccco1)c1ccc(CNS(=O)(=O)c2ccc(Br)s2)s1. The van der Waals surface area contributed by atoms with Gasteiger partial charge < -0.3 is 4.42 Å². The number of halogens is 1. The predicted octanol–water partition coefficient (Wildman–Crippen LogP) is 3.87. The number of hydrogen-bond acceptors (Lipinski definition) is 6. The van der Waals surface area contributed by atoms with Crippen molar-refractivity contribution >= 4 is 54.4 Å². The molecule has 0 aliphatic rings. The Morgan fingerprint density at radius 1 is 1.17 bits per heavy atom. The fraction of sp³-hybridized carbons (Fsp3) is 0.0714. The van der Waals surface area contributed by atoms with E-state index in [2.05, 4.69) is 20.7 Å². The molecule has 0 aliphatic carbocycles. The number of carbonyl (C=O) groups excluding carboxylic acids is 1. The van der Waals surface area contributed by atoms with Crippen LogP contribution in [-0.2, 0) is 16.6 Å². The number of thiophene rings is 2. The Morgan fingerprint density at radius 3 is 2.65 bits per heavy atom. The van der Waals surface area contributed by atoms with Crippen molar-refractivity contribution in [3.05, 3.63) is 62.0 Å². The van der Waals surface area contributed by atoms with Crippen LogP contribution in [0.15, 0.2) is 55.1 Å². The van der Waals surface area contributed by atoms with E-state index in [0.29, 0.717) is 4.88 Å². The molecule has 0 aromatic carbocycles. The molecule has 0 saturated carbocycles. The Balaban J connectivity index is 1.69. The van der Waals surface area contributed by atoms with Crippen LogP contribution >= 0.6 is 38.6 Å². The number of rotatable bonds is 6. The van der Waals surface area contributed by atoms with Crippen LogP contribution in [0.5, 0.6) is 0 Å². The van der Waals surface area contributed by atoms with Gasteiger partial charge in [-0.2, -0.15) is 0 Å². The zero-order valence-electron chi connectivity index (χ0n) is 11.5. The van der Waals surface area contributed by atoms with Crippen molar-refractivity contribution in [2.75, 3.05) is 0 Å². The molecular weight excluding hydrogens is 422 g/mol. The highest BCUT2D eigenvalue weighted by Crippen LogP contribution is 2.26. The van der Waals surface area contributed by atoms with E-state index in [-0.39, 0.29) is 22.3 Å². The molecule has 1 N–H and O–H groups in total. The van der Waals surface area contributed by atoms with E-state index >= 15 is 0 Å². The molecule has 0 radical (unpaired) electrons. The minimum Gasteiger partial charge on any atom is -0.461 e. The molecule has 3 rings (SSSR count). The van der Waals surface area contributed by atoms with Crippen LogP contribution in [0.2, 0.25) is 0 Å². The molecule has 0 bridgehead atoms. The van der Waals surface area contributed by atoms with Crippen molar-refractivity contribution in [1.82, 2.24) is 4.72 Å². The molecule has 120 valence electrons. The second kappa shape index (κ2) is 6.70. The molecule has 0 aliphatic heterocycles. The summed E-state index contributed by atoms with van der Waals surface area (Å²) in [6.45, 7) is 0.133. The highest BCUT2D eigenvalue weighted by atomic mass is 79.9. The second-order valence-electron chi connectivity index (χ2n) is 4.46. The van der Waals surface area contributed by atoms with Gasteiger partial charge in [0.1, 0.15) is 4.21 Å². The largest absolute Gasteiger partial charge is 0.461 e. The first-order valence-corrected chi connectivity index (χ1v) is 10.3. The lowest BCUT2D eigenvalue weighted by Gasteiger charge is -2.02. The first-order chi connectivity index (χ1) is 11.0. The monoisotopic (exact) mass is 431 g/mol. The third-order valence-electron chi connectivity index (χ3n) is 2.88. The van der Waals surface area contributed by atoms with Gasteiger partial charge in [0.25, 0.3) is 0 Å².